The highest BCUT2D eigenvalue weighted by molar-refractivity contribution is 7.16. The van der Waals surface area contributed by atoms with Crippen LogP contribution in [0.25, 0.3) is 22.6 Å². The minimum atomic E-state index is 0.824. The largest absolute Gasteiger partial charge is 0.390 e. The highest BCUT2D eigenvalue weighted by Crippen LogP contribution is 2.34. The number of fused-ring (bicyclic) bond motifs is 1. The van der Waals surface area contributed by atoms with Gasteiger partial charge in [-0.1, -0.05) is 6.92 Å². The van der Waals surface area contributed by atoms with E-state index in [0.717, 1.165) is 34.0 Å². The van der Waals surface area contributed by atoms with Gasteiger partial charge >= 0.3 is 0 Å². The Labute approximate surface area is 109 Å². The van der Waals surface area contributed by atoms with Crippen LogP contribution in [-0.4, -0.2) is 14.5 Å². The molecule has 0 radical (unpaired) electrons. The molecule has 0 spiro atoms. The summed E-state index contributed by atoms with van der Waals surface area (Å²) in [5.41, 5.74) is 8.88. The first-order chi connectivity index (χ1) is 8.70. The smallest absolute Gasteiger partial charge is 0.160 e. The van der Waals surface area contributed by atoms with E-state index in [2.05, 4.69) is 23.0 Å². The molecule has 0 aliphatic carbocycles. The van der Waals surface area contributed by atoms with E-state index >= 15 is 0 Å². The van der Waals surface area contributed by atoms with Crippen LogP contribution in [0, 0.1) is 0 Å². The molecular formula is C13H14N4S. The molecule has 0 aromatic carbocycles. The summed E-state index contributed by atoms with van der Waals surface area (Å²) in [5, 5.41) is 0.824. The summed E-state index contributed by atoms with van der Waals surface area (Å²) in [5.74, 6) is 0.886. The third-order valence-corrected chi connectivity index (χ3v) is 4.14. The van der Waals surface area contributed by atoms with E-state index in [-0.39, 0.29) is 0 Å². The number of hydrogen-bond donors (Lipinski definition) is 1. The zero-order valence-electron chi connectivity index (χ0n) is 10.3. The fourth-order valence-corrected chi connectivity index (χ4v) is 2.94. The van der Waals surface area contributed by atoms with Crippen molar-refractivity contribution in [2.45, 2.75) is 13.3 Å². The van der Waals surface area contributed by atoms with Crippen molar-refractivity contribution in [3.05, 3.63) is 29.3 Å². The van der Waals surface area contributed by atoms with Crippen molar-refractivity contribution in [3.8, 4) is 11.4 Å². The Kier molecular flexibility index (Phi) is 2.56. The predicted octanol–water partition coefficient (Wildman–Crippen LogP) is 2.84. The van der Waals surface area contributed by atoms with Crippen molar-refractivity contribution in [3.63, 3.8) is 0 Å². The van der Waals surface area contributed by atoms with E-state index < -0.39 is 0 Å². The van der Waals surface area contributed by atoms with Gasteiger partial charge in [0.15, 0.2) is 5.65 Å². The van der Waals surface area contributed by atoms with Gasteiger partial charge in [0, 0.05) is 18.1 Å². The molecule has 0 saturated carbocycles. The molecule has 0 unspecified atom stereocenters. The summed E-state index contributed by atoms with van der Waals surface area (Å²) in [6.07, 6.45) is 2.78. The normalized spacial score (nSPS) is 11.2. The van der Waals surface area contributed by atoms with Gasteiger partial charge < -0.3 is 10.3 Å². The number of anilines is 1. The summed E-state index contributed by atoms with van der Waals surface area (Å²) in [6, 6.07) is 5.99. The van der Waals surface area contributed by atoms with Crippen LogP contribution in [0.4, 0.5) is 5.00 Å². The maximum atomic E-state index is 6.08. The highest BCUT2D eigenvalue weighted by Gasteiger charge is 2.15. The molecule has 3 rings (SSSR count). The van der Waals surface area contributed by atoms with Crippen molar-refractivity contribution in [2.24, 2.45) is 7.05 Å². The molecule has 0 fully saturated rings. The van der Waals surface area contributed by atoms with E-state index in [1.807, 2.05) is 23.7 Å². The van der Waals surface area contributed by atoms with Crippen molar-refractivity contribution in [2.75, 3.05) is 5.73 Å². The van der Waals surface area contributed by atoms with E-state index in [1.165, 1.54) is 4.88 Å². The first-order valence-corrected chi connectivity index (χ1v) is 6.68. The van der Waals surface area contributed by atoms with E-state index in [4.69, 9.17) is 5.73 Å². The second kappa shape index (κ2) is 4.10. The lowest BCUT2D eigenvalue weighted by Crippen LogP contribution is -1.94. The minimum Gasteiger partial charge on any atom is -0.390 e. The second-order valence-electron chi connectivity index (χ2n) is 4.18. The number of rotatable bonds is 2. The summed E-state index contributed by atoms with van der Waals surface area (Å²) in [4.78, 5) is 10.2. The Morgan fingerprint density at radius 1 is 1.44 bits per heavy atom. The van der Waals surface area contributed by atoms with Gasteiger partial charge in [-0.25, -0.2) is 9.97 Å². The SMILES string of the molecule is CCc1cc(-c2nc3cccnc3n2C)c(N)s1. The van der Waals surface area contributed by atoms with Crippen LogP contribution in [0.1, 0.15) is 11.8 Å². The quantitative estimate of drug-likeness (QED) is 0.769. The van der Waals surface area contributed by atoms with E-state index in [9.17, 15) is 0 Å². The molecule has 0 atom stereocenters. The summed E-state index contributed by atoms with van der Waals surface area (Å²) in [6.45, 7) is 2.13. The summed E-state index contributed by atoms with van der Waals surface area (Å²) < 4.78 is 1.99. The predicted molar refractivity (Wildman–Crippen MR) is 75.6 cm³/mol. The molecule has 4 nitrogen and oxygen atoms in total. The van der Waals surface area contributed by atoms with Gasteiger partial charge in [0.1, 0.15) is 11.3 Å². The zero-order valence-corrected chi connectivity index (χ0v) is 11.2. The van der Waals surface area contributed by atoms with E-state index in [0.29, 0.717) is 0 Å². The maximum absolute atomic E-state index is 6.08. The molecule has 0 aliphatic heterocycles. The number of aryl methyl sites for hydroxylation is 2. The molecule has 0 bridgehead atoms. The fourth-order valence-electron chi connectivity index (χ4n) is 2.07. The van der Waals surface area contributed by atoms with Crippen LogP contribution in [0.15, 0.2) is 24.4 Å². The van der Waals surface area contributed by atoms with Gasteiger partial charge in [-0.2, -0.15) is 0 Å². The average Bonchev–Trinajstić information content (AvgIpc) is 2.91. The molecular weight excluding hydrogens is 244 g/mol. The molecule has 92 valence electrons. The van der Waals surface area contributed by atoms with Crippen LogP contribution in [0.3, 0.4) is 0 Å². The number of nitrogens with zero attached hydrogens (tertiary/aromatic N) is 3. The van der Waals surface area contributed by atoms with Crippen molar-refractivity contribution >= 4 is 27.5 Å². The van der Waals surface area contributed by atoms with Crippen molar-refractivity contribution in [1.82, 2.24) is 14.5 Å². The molecule has 2 N–H and O–H groups in total. The second-order valence-corrected chi connectivity index (χ2v) is 5.35. The van der Waals surface area contributed by atoms with Crippen LogP contribution in [-0.2, 0) is 13.5 Å². The molecule has 0 aliphatic rings. The van der Waals surface area contributed by atoms with Crippen LogP contribution in [0.2, 0.25) is 0 Å². The van der Waals surface area contributed by atoms with Crippen LogP contribution in [0.5, 0.6) is 0 Å². The van der Waals surface area contributed by atoms with Gasteiger partial charge in [0.05, 0.1) is 10.6 Å². The Morgan fingerprint density at radius 2 is 2.28 bits per heavy atom. The lowest BCUT2D eigenvalue weighted by atomic mass is 10.2. The standard InChI is InChI=1S/C13H14N4S/c1-3-8-7-9(11(14)18-8)12-16-10-5-4-6-15-13(10)17(12)2/h4-7H,3,14H2,1-2H3. The fraction of sp³-hybridized carbons (Fsp3) is 0.231. The molecule has 0 saturated heterocycles. The Bertz CT molecular complexity index is 711. The minimum absolute atomic E-state index is 0.824. The van der Waals surface area contributed by atoms with Crippen LogP contribution >= 0.6 is 11.3 Å². The molecule has 5 heteroatoms. The van der Waals surface area contributed by atoms with Gasteiger partial charge in [-0.15, -0.1) is 11.3 Å². The number of imidazole rings is 1. The van der Waals surface area contributed by atoms with Gasteiger partial charge in [-0.05, 0) is 24.6 Å². The Balaban J connectivity index is 2.24. The topological polar surface area (TPSA) is 56.7 Å². The molecule has 18 heavy (non-hydrogen) atoms. The van der Waals surface area contributed by atoms with E-state index in [1.54, 1.807) is 17.5 Å². The number of hydrogen-bond acceptors (Lipinski definition) is 4. The molecule has 3 heterocycles. The monoisotopic (exact) mass is 258 g/mol. The summed E-state index contributed by atoms with van der Waals surface area (Å²) in [7, 11) is 1.97. The first-order valence-electron chi connectivity index (χ1n) is 5.86. The van der Waals surface area contributed by atoms with Crippen molar-refractivity contribution in [1.29, 1.82) is 0 Å². The number of aromatic nitrogens is 3. The number of pyridine rings is 1. The molecule has 3 aromatic rings. The average molecular weight is 258 g/mol. The number of thiophene rings is 1. The maximum Gasteiger partial charge on any atom is 0.160 e. The van der Waals surface area contributed by atoms with Crippen LogP contribution < -0.4 is 5.73 Å². The molecule has 3 aromatic heterocycles. The first kappa shape index (κ1) is 11.2. The third kappa shape index (κ3) is 1.59. The van der Waals surface area contributed by atoms with Gasteiger partial charge in [-0.3, -0.25) is 0 Å². The highest BCUT2D eigenvalue weighted by atomic mass is 32.1. The Hall–Kier alpha value is -1.88. The lowest BCUT2D eigenvalue weighted by molar-refractivity contribution is 0.943. The summed E-state index contributed by atoms with van der Waals surface area (Å²) >= 11 is 1.63. The number of nitrogens with two attached hydrogens (primary N) is 1. The zero-order chi connectivity index (χ0) is 12.7. The van der Waals surface area contributed by atoms with Gasteiger partial charge in [0.2, 0.25) is 0 Å². The third-order valence-electron chi connectivity index (χ3n) is 3.03. The van der Waals surface area contributed by atoms with Crippen molar-refractivity contribution < 1.29 is 0 Å². The lowest BCUT2D eigenvalue weighted by Gasteiger charge is -2.00. The number of nitrogen functional groups attached to an aromatic ring is 1. The Morgan fingerprint density at radius 3 is 2.94 bits per heavy atom. The molecule has 0 amide bonds. The van der Waals surface area contributed by atoms with Gasteiger partial charge in [0.25, 0.3) is 0 Å².